The molecule has 0 bridgehead atoms. The van der Waals surface area contributed by atoms with Crippen molar-refractivity contribution >= 4 is 41.3 Å². The van der Waals surface area contributed by atoms with Crippen molar-refractivity contribution in [1.82, 2.24) is 0 Å². The molecule has 106 valence electrons. The number of allylic oxidation sites excluding steroid dienone is 3. The molecule has 2 aromatic rings. The fraction of sp³-hybridized carbons (Fsp3) is 0.200. The normalized spacial score (nSPS) is 17.4. The molecule has 1 nitrogen and oxygen atoms in total. The van der Waals surface area contributed by atoms with Crippen molar-refractivity contribution in [2.24, 2.45) is 5.92 Å². The zero-order chi connectivity index (χ0) is 15.1. The van der Waals surface area contributed by atoms with Crippen LogP contribution in [-0.4, -0.2) is 0 Å². The van der Waals surface area contributed by atoms with Crippen LogP contribution in [0.15, 0.2) is 30.4 Å². The summed E-state index contributed by atoms with van der Waals surface area (Å²) in [5, 5.41) is 4.22. The van der Waals surface area contributed by atoms with Gasteiger partial charge in [0, 0.05) is 11.1 Å². The predicted octanol–water partition coefficient (Wildman–Crippen LogP) is 3.70. The molecule has 0 radical (unpaired) electrons. The molecule has 21 heavy (non-hydrogen) atoms. The van der Waals surface area contributed by atoms with Crippen LogP contribution in [0.25, 0.3) is 35.6 Å². The lowest BCUT2D eigenvalue weighted by molar-refractivity contribution is 0.944. The molecule has 0 spiro atoms. The van der Waals surface area contributed by atoms with Crippen LogP contribution in [0.5, 0.6) is 0 Å². The molecular formula is C20H21N. The molecule has 1 aliphatic carbocycles. The van der Waals surface area contributed by atoms with Crippen LogP contribution in [0, 0.1) is 5.92 Å². The number of rotatable bonds is 1. The summed E-state index contributed by atoms with van der Waals surface area (Å²) in [7, 11) is 0. The summed E-state index contributed by atoms with van der Waals surface area (Å²) >= 11 is 0. The second-order valence-electron chi connectivity index (χ2n) is 5.78. The van der Waals surface area contributed by atoms with E-state index in [0.717, 1.165) is 33.3 Å². The molecule has 1 unspecified atom stereocenters. The van der Waals surface area contributed by atoms with Gasteiger partial charge in [0.25, 0.3) is 0 Å². The van der Waals surface area contributed by atoms with Crippen LogP contribution in [0.4, 0.5) is 5.69 Å². The minimum absolute atomic E-state index is 0.423. The lowest BCUT2D eigenvalue weighted by Gasteiger charge is -2.14. The van der Waals surface area contributed by atoms with E-state index in [1.54, 1.807) is 0 Å². The van der Waals surface area contributed by atoms with Gasteiger partial charge < -0.3 is 5.73 Å². The number of anilines is 1. The van der Waals surface area contributed by atoms with Crippen LogP contribution in [-0.2, 0) is 0 Å². The number of hydrogen-bond donors (Lipinski definition) is 1. The summed E-state index contributed by atoms with van der Waals surface area (Å²) in [5.41, 5.74) is 10.7. The van der Waals surface area contributed by atoms with Gasteiger partial charge in [0.1, 0.15) is 0 Å². The Labute approximate surface area is 125 Å². The van der Waals surface area contributed by atoms with E-state index >= 15 is 0 Å². The topological polar surface area (TPSA) is 26.0 Å². The van der Waals surface area contributed by atoms with E-state index in [4.69, 9.17) is 5.73 Å². The van der Waals surface area contributed by atoms with Gasteiger partial charge in [-0.1, -0.05) is 57.4 Å². The fourth-order valence-corrected chi connectivity index (χ4v) is 3.29. The van der Waals surface area contributed by atoms with Crippen LogP contribution in [0.1, 0.15) is 31.4 Å². The molecule has 2 aromatic carbocycles. The highest BCUT2D eigenvalue weighted by molar-refractivity contribution is 5.98. The third-order valence-corrected chi connectivity index (χ3v) is 4.35. The standard InChI is InChI=1S/C20H21N/c1-5-15-11-12(2)9-10-17-14(4)20-16(13(3)19(15)17)7-6-8-18(20)21/h6-12H,3-5,21H2,1-2H3. The summed E-state index contributed by atoms with van der Waals surface area (Å²) in [6.45, 7) is 13.1. The number of fused-ring (bicyclic) bond motifs is 2. The third kappa shape index (κ3) is 2.01. The summed E-state index contributed by atoms with van der Waals surface area (Å²) in [4.78, 5) is 0. The van der Waals surface area contributed by atoms with Crippen molar-refractivity contribution in [3.63, 3.8) is 0 Å². The Bertz CT molecular complexity index is 884. The van der Waals surface area contributed by atoms with E-state index < -0.39 is 0 Å². The van der Waals surface area contributed by atoms with Crippen LogP contribution in [0.3, 0.4) is 0 Å². The maximum atomic E-state index is 6.19. The summed E-state index contributed by atoms with van der Waals surface area (Å²) in [5.74, 6) is 0.423. The van der Waals surface area contributed by atoms with Crippen molar-refractivity contribution in [2.75, 3.05) is 5.73 Å². The first-order chi connectivity index (χ1) is 10.0. The van der Waals surface area contributed by atoms with Gasteiger partial charge in [0.2, 0.25) is 0 Å². The first-order valence-electron chi connectivity index (χ1n) is 7.46. The molecule has 1 heteroatoms. The Kier molecular flexibility index (Phi) is 3.21. The summed E-state index contributed by atoms with van der Waals surface area (Å²) < 4.78 is 0. The number of nitrogen functional groups attached to an aromatic ring is 1. The van der Waals surface area contributed by atoms with Crippen LogP contribution >= 0.6 is 0 Å². The van der Waals surface area contributed by atoms with E-state index in [0.29, 0.717) is 5.92 Å². The van der Waals surface area contributed by atoms with Crippen molar-refractivity contribution in [3.05, 3.63) is 51.9 Å². The van der Waals surface area contributed by atoms with Gasteiger partial charge in [-0.25, -0.2) is 0 Å². The van der Waals surface area contributed by atoms with Crippen molar-refractivity contribution < 1.29 is 0 Å². The van der Waals surface area contributed by atoms with Gasteiger partial charge in [0.05, 0.1) is 0 Å². The molecule has 0 heterocycles. The molecule has 0 aliphatic heterocycles. The van der Waals surface area contributed by atoms with Gasteiger partial charge in [-0.3, -0.25) is 0 Å². The van der Waals surface area contributed by atoms with Gasteiger partial charge >= 0.3 is 0 Å². The maximum Gasteiger partial charge on any atom is 0.0400 e. The lowest BCUT2D eigenvalue weighted by atomic mass is 9.90. The molecule has 2 N–H and O–H groups in total. The second-order valence-corrected chi connectivity index (χ2v) is 5.78. The maximum absolute atomic E-state index is 6.19. The van der Waals surface area contributed by atoms with Gasteiger partial charge in [-0.15, -0.1) is 0 Å². The second kappa shape index (κ2) is 4.92. The Morgan fingerprint density at radius 3 is 2.67 bits per heavy atom. The molecule has 0 fully saturated rings. The first kappa shape index (κ1) is 13.7. The largest absolute Gasteiger partial charge is 0.398 e. The molecule has 0 amide bonds. The Morgan fingerprint density at radius 1 is 1.19 bits per heavy atom. The van der Waals surface area contributed by atoms with Crippen LogP contribution in [0.2, 0.25) is 0 Å². The van der Waals surface area contributed by atoms with E-state index in [2.05, 4.69) is 51.3 Å². The molecular weight excluding hydrogens is 254 g/mol. The third-order valence-electron chi connectivity index (χ3n) is 4.35. The van der Waals surface area contributed by atoms with Crippen molar-refractivity contribution in [3.8, 4) is 0 Å². The molecule has 3 rings (SSSR count). The zero-order valence-corrected chi connectivity index (χ0v) is 12.7. The summed E-state index contributed by atoms with van der Waals surface area (Å²) in [6, 6.07) is 6.01. The highest BCUT2D eigenvalue weighted by Crippen LogP contribution is 2.27. The minimum Gasteiger partial charge on any atom is -0.398 e. The molecule has 0 saturated carbocycles. The van der Waals surface area contributed by atoms with Gasteiger partial charge in [0.15, 0.2) is 0 Å². The molecule has 0 saturated heterocycles. The van der Waals surface area contributed by atoms with E-state index in [1.165, 1.54) is 16.7 Å². The number of nitrogens with two attached hydrogens (primary N) is 1. The Morgan fingerprint density at radius 2 is 1.95 bits per heavy atom. The lowest BCUT2D eigenvalue weighted by Crippen LogP contribution is -2.20. The summed E-state index contributed by atoms with van der Waals surface area (Å²) in [6.07, 6.45) is 7.73. The predicted molar refractivity (Wildman–Crippen MR) is 95.1 cm³/mol. The van der Waals surface area contributed by atoms with E-state index in [-0.39, 0.29) is 0 Å². The molecule has 0 aromatic heterocycles. The van der Waals surface area contributed by atoms with Crippen LogP contribution < -0.4 is 16.2 Å². The molecule has 1 aliphatic rings. The van der Waals surface area contributed by atoms with Crippen molar-refractivity contribution in [2.45, 2.75) is 20.3 Å². The number of benzene rings is 2. The Balaban J connectivity index is 2.57. The zero-order valence-electron chi connectivity index (χ0n) is 12.7. The van der Waals surface area contributed by atoms with Gasteiger partial charge in [-0.2, -0.15) is 0 Å². The smallest absolute Gasteiger partial charge is 0.0400 e. The number of hydrogen-bond acceptors (Lipinski definition) is 1. The fourth-order valence-electron chi connectivity index (χ4n) is 3.29. The quantitative estimate of drug-likeness (QED) is 0.789. The van der Waals surface area contributed by atoms with Crippen molar-refractivity contribution in [1.29, 1.82) is 0 Å². The average Bonchev–Trinajstić information content (AvgIpc) is 2.63. The monoisotopic (exact) mass is 275 g/mol. The highest BCUT2D eigenvalue weighted by atomic mass is 14.5. The molecule has 1 atom stereocenters. The highest BCUT2D eigenvalue weighted by Gasteiger charge is 2.15. The SMILES string of the molecule is C=c1c2c(c(=C)c3c(N)cccc13)C=CC(C)C=C2CC. The van der Waals surface area contributed by atoms with Gasteiger partial charge in [-0.05, 0) is 50.9 Å². The first-order valence-corrected chi connectivity index (χ1v) is 7.46. The van der Waals surface area contributed by atoms with E-state index in [9.17, 15) is 0 Å². The minimum atomic E-state index is 0.423. The average molecular weight is 275 g/mol. The Hall–Kier alpha value is -2.28. The van der Waals surface area contributed by atoms with E-state index in [1.807, 2.05) is 12.1 Å².